The molecular formula is C22H29N5O. The first-order valence-electron chi connectivity index (χ1n) is 10.1. The van der Waals surface area contributed by atoms with E-state index in [0.717, 1.165) is 55.2 Å². The predicted molar refractivity (Wildman–Crippen MR) is 113 cm³/mol. The normalized spacial score (nSPS) is 16.1. The molecule has 1 aromatic carbocycles. The number of hydrogen-bond donors (Lipinski definition) is 0. The zero-order chi connectivity index (χ0) is 19.9. The third-order valence-corrected chi connectivity index (χ3v) is 5.76. The summed E-state index contributed by atoms with van der Waals surface area (Å²) in [5.74, 6) is 1.53. The van der Waals surface area contributed by atoms with Gasteiger partial charge in [0.15, 0.2) is 0 Å². The molecule has 3 heterocycles. The minimum Gasteiger partial charge on any atom is -0.342 e. The maximum absolute atomic E-state index is 12.5. The fraction of sp³-hybridized carbons (Fsp3) is 0.500. The van der Waals surface area contributed by atoms with E-state index < -0.39 is 0 Å². The van der Waals surface area contributed by atoms with Crippen molar-refractivity contribution < 1.29 is 0 Å². The predicted octanol–water partition coefficient (Wildman–Crippen LogP) is 3.34. The van der Waals surface area contributed by atoms with Crippen molar-refractivity contribution in [2.24, 2.45) is 13.0 Å². The summed E-state index contributed by atoms with van der Waals surface area (Å²) in [6, 6.07) is 9.94. The number of rotatable bonds is 3. The highest BCUT2D eigenvalue weighted by Gasteiger charge is 2.24. The van der Waals surface area contributed by atoms with Crippen molar-refractivity contribution in [1.29, 1.82) is 0 Å². The lowest BCUT2D eigenvalue weighted by molar-refractivity contribution is 0.347. The van der Waals surface area contributed by atoms with E-state index in [-0.39, 0.29) is 11.0 Å². The summed E-state index contributed by atoms with van der Waals surface area (Å²) in [5, 5.41) is 0. The number of hydrogen-bond acceptors (Lipinski definition) is 4. The van der Waals surface area contributed by atoms with Crippen LogP contribution in [0.2, 0.25) is 0 Å². The molecule has 0 radical (unpaired) electrons. The number of nitrogens with zero attached hydrogens (tertiary/aromatic N) is 5. The van der Waals surface area contributed by atoms with Gasteiger partial charge in [0.05, 0.1) is 23.1 Å². The van der Waals surface area contributed by atoms with Crippen LogP contribution in [0.25, 0.3) is 11.0 Å². The molecule has 3 aromatic rings. The van der Waals surface area contributed by atoms with Gasteiger partial charge < -0.3 is 9.47 Å². The van der Waals surface area contributed by atoms with Gasteiger partial charge in [0.2, 0.25) is 5.95 Å². The van der Waals surface area contributed by atoms with Gasteiger partial charge >= 0.3 is 0 Å². The van der Waals surface area contributed by atoms with Gasteiger partial charge in [-0.15, -0.1) is 0 Å². The second-order valence-corrected chi connectivity index (χ2v) is 8.90. The molecule has 0 N–H and O–H groups in total. The molecule has 0 spiro atoms. The Morgan fingerprint density at radius 3 is 2.50 bits per heavy atom. The number of piperidine rings is 1. The monoisotopic (exact) mass is 379 g/mol. The summed E-state index contributed by atoms with van der Waals surface area (Å²) >= 11 is 0. The first-order chi connectivity index (χ1) is 13.3. The average molecular weight is 380 g/mol. The van der Waals surface area contributed by atoms with Gasteiger partial charge in [-0.1, -0.05) is 32.9 Å². The molecule has 1 aliphatic heterocycles. The number of anilines is 1. The third kappa shape index (κ3) is 3.55. The van der Waals surface area contributed by atoms with Crippen molar-refractivity contribution in [2.75, 3.05) is 18.0 Å². The molecular weight excluding hydrogens is 350 g/mol. The standard InChI is InChI=1S/C22H29N5O/c1-22(2,3)19-13-20(28)27(15-23-19)14-16-9-11-26(12-10-16)21-24-17-7-5-6-8-18(17)25(21)4/h5-8,13,15-16H,9-12,14H2,1-4H3. The molecule has 0 aliphatic carbocycles. The van der Waals surface area contributed by atoms with Gasteiger partial charge in [-0.2, -0.15) is 0 Å². The fourth-order valence-electron chi connectivity index (χ4n) is 3.98. The lowest BCUT2D eigenvalue weighted by Gasteiger charge is -2.32. The highest BCUT2D eigenvalue weighted by atomic mass is 16.1. The molecule has 4 rings (SSSR count). The molecule has 6 heteroatoms. The van der Waals surface area contributed by atoms with Crippen LogP contribution in [0.3, 0.4) is 0 Å². The first kappa shape index (κ1) is 18.7. The van der Waals surface area contributed by atoms with Crippen molar-refractivity contribution in [3.63, 3.8) is 0 Å². The molecule has 0 saturated carbocycles. The Labute approximate surface area is 165 Å². The fourth-order valence-corrected chi connectivity index (χ4v) is 3.98. The first-order valence-corrected chi connectivity index (χ1v) is 10.1. The van der Waals surface area contributed by atoms with Gasteiger partial charge in [-0.25, -0.2) is 9.97 Å². The van der Waals surface area contributed by atoms with Gasteiger partial charge in [0, 0.05) is 38.2 Å². The van der Waals surface area contributed by atoms with Crippen LogP contribution >= 0.6 is 0 Å². The quantitative estimate of drug-likeness (QED) is 0.700. The highest BCUT2D eigenvalue weighted by Crippen LogP contribution is 2.26. The molecule has 2 aromatic heterocycles. The van der Waals surface area contributed by atoms with E-state index in [1.165, 1.54) is 0 Å². The molecule has 148 valence electrons. The molecule has 0 bridgehead atoms. The zero-order valence-electron chi connectivity index (χ0n) is 17.2. The largest absolute Gasteiger partial charge is 0.342 e. The Morgan fingerprint density at radius 2 is 1.86 bits per heavy atom. The molecule has 0 amide bonds. The van der Waals surface area contributed by atoms with Crippen LogP contribution in [0.4, 0.5) is 5.95 Å². The number of imidazole rings is 1. The van der Waals surface area contributed by atoms with Gasteiger partial charge in [-0.05, 0) is 30.9 Å². The number of benzene rings is 1. The summed E-state index contributed by atoms with van der Waals surface area (Å²) in [5.41, 5.74) is 3.01. The van der Waals surface area contributed by atoms with E-state index in [9.17, 15) is 4.79 Å². The zero-order valence-corrected chi connectivity index (χ0v) is 17.2. The third-order valence-electron chi connectivity index (χ3n) is 5.76. The molecule has 0 unspecified atom stereocenters. The van der Waals surface area contributed by atoms with E-state index in [0.29, 0.717) is 5.92 Å². The van der Waals surface area contributed by atoms with Crippen molar-refractivity contribution >= 4 is 17.0 Å². The molecule has 1 aliphatic rings. The lowest BCUT2D eigenvalue weighted by atomic mass is 9.92. The van der Waals surface area contributed by atoms with Crippen LogP contribution in [0.5, 0.6) is 0 Å². The Morgan fingerprint density at radius 1 is 1.14 bits per heavy atom. The van der Waals surface area contributed by atoms with Gasteiger partial charge in [0.25, 0.3) is 5.56 Å². The molecule has 0 atom stereocenters. The lowest BCUT2D eigenvalue weighted by Crippen LogP contribution is -2.37. The number of para-hydroxylation sites is 2. The van der Waals surface area contributed by atoms with Crippen LogP contribution in [-0.2, 0) is 19.0 Å². The van der Waals surface area contributed by atoms with E-state index in [2.05, 4.69) is 60.5 Å². The summed E-state index contributed by atoms with van der Waals surface area (Å²) in [7, 11) is 2.08. The van der Waals surface area contributed by atoms with Crippen LogP contribution in [-0.4, -0.2) is 32.2 Å². The SMILES string of the molecule is Cn1c(N2CCC(Cn3cnc(C(C)(C)C)cc3=O)CC2)nc2ccccc21. The van der Waals surface area contributed by atoms with Crippen molar-refractivity contribution in [2.45, 2.75) is 45.6 Å². The minimum absolute atomic E-state index is 0.0534. The Hall–Kier alpha value is -2.63. The van der Waals surface area contributed by atoms with Crippen LogP contribution in [0, 0.1) is 5.92 Å². The van der Waals surface area contributed by atoms with Crippen LogP contribution in [0.15, 0.2) is 41.5 Å². The minimum atomic E-state index is -0.102. The average Bonchev–Trinajstić information content (AvgIpc) is 3.00. The second-order valence-electron chi connectivity index (χ2n) is 8.90. The van der Waals surface area contributed by atoms with Crippen molar-refractivity contribution in [1.82, 2.24) is 19.1 Å². The second kappa shape index (κ2) is 7.08. The van der Waals surface area contributed by atoms with E-state index >= 15 is 0 Å². The summed E-state index contributed by atoms with van der Waals surface area (Å²) in [4.78, 5) is 24.2. The maximum Gasteiger partial charge on any atom is 0.253 e. The molecule has 1 saturated heterocycles. The van der Waals surface area contributed by atoms with Crippen LogP contribution < -0.4 is 10.5 Å². The summed E-state index contributed by atoms with van der Waals surface area (Å²) in [6.07, 6.45) is 3.83. The van der Waals surface area contributed by atoms with Crippen molar-refractivity contribution in [3.8, 4) is 0 Å². The topological polar surface area (TPSA) is 56.0 Å². The Bertz CT molecular complexity index is 1030. The molecule has 28 heavy (non-hydrogen) atoms. The maximum atomic E-state index is 12.5. The van der Waals surface area contributed by atoms with Crippen molar-refractivity contribution in [3.05, 3.63) is 52.7 Å². The number of aromatic nitrogens is 4. The van der Waals surface area contributed by atoms with E-state index in [1.54, 1.807) is 17.0 Å². The number of aryl methyl sites for hydroxylation is 1. The van der Waals surface area contributed by atoms with Crippen LogP contribution in [0.1, 0.15) is 39.3 Å². The highest BCUT2D eigenvalue weighted by molar-refractivity contribution is 5.78. The molecule has 6 nitrogen and oxygen atoms in total. The summed E-state index contributed by atoms with van der Waals surface area (Å²) in [6.45, 7) is 8.91. The summed E-state index contributed by atoms with van der Waals surface area (Å²) < 4.78 is 3.94. The van der Waals surface area contributed by atoms with Gasteiger partial charge in [0.1, 0.15) is 0 Å². The van der Waals surface area contributed by atoms with E-state index in [4.69, 9.17) is 4.98 Å². The Balaban J connectivity index is 1.43. The van der Waals surface area contributed by atoms with E-state index in [1.807, 2.05) is 6.07 Å². The Kier molecular flexibility index (Phi) is 4.73. The van der Waals surface area contributed by atoms with Gasteiger partial charge in [-0.3, -0.25) is 9.36 Å². The smallest absolute Gasteiger partial charge is 0.253 e. The number of fused-ring (bicyclic) bond motifs is 1. The molecule has 1 fully saturated rings.